The predicted molar refractivity (Wildman–Crippen MR) is 95.3 cm³/mol. The van der Waals surface area contributed by atoms with Gasteiger partial charge in [0.15, 0.2) is 0 Å². The van der Waals surface area contributed by atoms with Gasteiger partial charge in [-0.2, -0.15) is 0 Å². The second-order valence-electron chi connectivity index (χ2n) is 6.13. The van der Waals surface area contributed by atoms with Gasteiger partial charge in [-0.25, -0.2) is 4.79 Å². The maximum Gasteiger partial charge on any atom is 0.316 e. The summed E-state index contributed by atoms with van der Waals surface area (Å²) in [5.41, 5.74) is 7.78. The summed E-state index contributed by atoms with van der Waals surface area (Å²) in [6.07, 6.45) is 0.863. The maximum atomic E-state index is 12.3. The lowest BCUT2D eigenvalue weighted by molar-refractivity contribution is -0.122. The Labute approximate surface area is 146 Å². The van der Waals surface area contributed by atoms with E-state index in [9.17, 15) is 9.59 Å². The van der Waals surface area contributed by atoms with Gasteiger partial charge in [0.05, 0.1) is 7.11 Å². The zero-order valence-electron chi connectivity index (χ0n) is 14.0. The van der Waals surface area contributed by atoms with Gasteiger partial charge in [-0.1, -0.05) is 24.3 Å². The Bertz CT molecular complexity index is 774. The van der Waals surface area contributed by atoms with Gasteiger partial charge in [-0.05, 0) is 47.7 Å². The Morgan fingerprint density at radius 3 is 2.64 bits per heavy atom. The van der Waals surface area contributed by atoms with Gasteiger partial charge >= 0.3 is 6.03 Å². The summed E-state index contributed by atoms with van der Waals surface area (Å²) >= 11 is 0. The zero-order chi connectivity index (χ0) is 17.8. The lowest BCUT2D eigenvalue weighted by Crippen LogP contribution is -2.25. The van der Waals surface area contributed by atoms with Gasteiger partial charge in [0, 0.05) is 18.2 Å². The van der Waals surface area contributed by atoms with Gasteiger partial charge in [-0.3, -0.25) is 4.79 Å². The van der Waals surface area contributed by atoms with Crippen LogP contribution in [0.25, 0.3) is 0 Å². The van der Waals surface area contributed by atoms with Gasteiger partial charge in [0.25, 0.3) is 0 Å². The third-order valence-corrected chi connectivity index (χ3v) is 4.33. The lowest BCUT2D eigenvalue weighted by Gasteiger charge is -2.08. The van der Waals surface area contributed by atoms with E-state index < -0.39 is 6.03 Å². The minimum atomic E-state index is -0.610. The summed E-state index contributed by atoms with van der Waals surface area (Å²) in [6.45, 7) is 0.416. The first kappa shape index (κ1) is 16.8. The van der Waals surface area contributed by atoms with E-state index in [1.54, 1.807) is 19.2 Å². The van der Waals surface area contributed by atoms with Crippen LogP contribution in [0, 0.1) is 5.92 Å². The smallest absolute Gasteiger partial charge is 0.316 e. The second kappa shape index (κ2) is 7.25. The number of carbonyl (C=O) groups is 2. The molecule has 3 amide bonds. The predicted octanol–water partition coefficient (Wildman–Crippen LogP) is 2.61. The van der Waals surface area contributed by atoms with Crippen LogP contribution in [0.2, 0.25) is 0 Å². The van der Waals surface area contributed by atoms with Crippen LogP contribution < -0.4 is 21.1 Å². The van der Waals surface area contributed by atoms with E-state index in [2.05, 4.69) is 10.6 Å². The number of nitrogens with two attached hydrogens (primary N) is 1. The summed E-state index contributed by atoms with van der Waals surface area (Å²) < 4.78 is 5.15. The topological polar surface area (TPSA) is 93.4 Å². The molecule has 2 aromatic rings. The standard InChI is InChI=1S/C19H21N3O3/c1-25-15-7-5-13(6-8-15)16-10-17(16)18(23)21-11-12-3-2-4-14(9-12)22-19(20)24/h2-9,16-17H,10-11H2,1H3,(H,21,23)(H3,20,22,24)/t16-,17+/m1/s1. The van der Waals surface area contributed by atoms with Crippen molar-refractivity contribution in [2.45, 2.75) is 18.9 Å². The highest BCUT2D eigenvalue weighted by molar-refractivity contribution is 5.87. The lowest BCUT2D eigenvalue weighted by atomic mass is 10.1. The highest BCUT2D eigenvalue weighted by Gasteiger charge is 2.43. The number of ether oxygens (including phenoxy) is 1. The van der Waals surface area contributed by atoms with E-state index in [1.807, 2.05) is 36.4 Å². The van der Waals surface area contributed by atoms with E-state index in [1.165, 1.54) is 0 Å². The monoisotopic (exact) mass is 339 g/mol. The van der Waals surface area contributed by atoms with Crippen molar-refractivity contribution in [1.29, 1.82) is 0 Å². The Hall–Kier alpha value is -3.02. The van der Waals surface area contributed by atoms with Crippen molar-refractivity contribution in [3.63, 3.8) is 0 Å². The van der Waals surface area contributed by atoms with Crippen LogP contribution >= 0.6 is 0 Å². The molecule has 0 spiro atoms. The molecule has 0 bridgehead atoms. The molecule has 0 unspecified atom stereocenters. The van der Waals surface area contributed by atoms with Gasteiger partial charge in [0.2, 0.25) is 5.91 Å². The number of urea groups is 1. The van der Waals surface area contributed by atoms with E-state index in [0.29, 0.717) is 12.2 Å². The average Bonchev–Trinajstić information content (AvgIpc) is 3.40. The molecule has 1 saturated carbocycles. The third-order valence-electron chi connectivity index (χ3n) is 4.33. The second-order valence-corrected chi connectivity index (χ2v) is 6.13. The van der Waals surface area contributed by atoms with E-state index in [0.717, 1.165) is 23.3 Å². The summed E-state index contributed by atoms with van der Waals surface area (Å²) in [5.74, 6) is 1.15. The van der Waals surface area contributed by atoms with Crippen molar-refractivity contribution >= 4 is 17.6 Å². The molecule has 3 rings (SSSR count). The molecule has 1 aliphatic rings. The van der Waals surface area contributed by atoms with Crippen LogP contribution in [0.3, 0.4) is 0 Å². The van der Waals surface area contributed by atoms with Crippen LogP contribution in [-0.4, -0.2) is 19.0 Å². The molecule has 0 saturated heterocycles. The van der Waals surface area contributed by atoms with Gasteiger partial charge in [-0.15, -0.1) is 0 Å². The SMILES string of the molecule is COc1ccc([C@H]2C[C@@H]2C(=O)NCc2cccc(NC(N)=O)c2)cc1. The summed E-state index contributed by atoms with van der Waals surface area (Å²) in [6, 6.07) is 14.5. The number of hydrogen-bond donors (Lipinski definition) is 3. The van der Waals surface area contributed by atoms with Gasteiger partial charge in [0.1, 0.15) is 5.75 Å². The van der Waals surface area contributed by atoms with Crippen LogP contribution in [0.1, 0.15) is 23.5 Å². The van der Waals surface area contributed by atoms with Crippen molar-refractivity contribution < 1.29 is 14.3 Å². The van der Waals surface area contributed by atoms with Crippen molar-refractivity contribution in [3.8, 4) is 5.75 Å². The molecule has 0 radical (unpaired) electrons. The van der Waals surface area contributed by atoms with Crippen LogP contribution in [-0.2, 0) is 11.3 Å². The quantitative estimate of drug-likeness (QED) is 0.755. The first-order valence-electron chi connectivity index (χ1n) is 8.14. The molecule has 0 heterocycles. The zero-order valence-corrected chi connectivity index (χ0v) is 14.0. The maximum absolute atomic E-state index is 12.3. The van der Waals surface area contributed by atoms with E-state index >= 15 is 0 Å². The highest BCUT2D eigenvalue weighted by atomic mass is 16.5. The minimum Gasteiger partial charge on any atom is -0.497 e. The summed E-state index contributed by atoms with van der Waals surface area (Å²) in [5, 5.41) is 5.48. The Kier molecular flexibility index (Phi) is 4.88. The first-order chi connectivity index (χ1) is 12.1. The van der Waals surface area contributed by atoms with Crippen LogP contribution in [0.4, 0.5) is 10.5 Å². The molecular weight excluding hydrogens is 318 g/mol. The molecule has 0 aromatic heterocycles. The number of nitrogens with one attached hydrogen (secondary N) is 2. The van der Waals surface area contributed by atoms with Crippen molar-refractivity contribution in [2.75, 3.05) is 12.4 Å². The normalized spacial score (nSPS) is 18.3. The molecule has 1 aliphatic carbocycles. The fourth-order valence-corrected chi connectivity index (χ4v) is 2.93. The van der Waals surface area contributed by atoms with Crippen molar-refractivity contribution in [3.05, 3.63) is 59.7 Å². The number of amides is 3. The summed E-state index contributed by atoms with van der Waals surface area (Å²) in [4.78, 5) is 23.2. The third kappa shape index (κ3) is 4.29. The minimum absolute atomic E-state index is 0.0142. The van der Waals surface area contributed by atoms with Gasteiger partial charge < -0.3 is 21.1 Å². The summed E-state index contributed by atoms with van der Waals surface area (Å²) in [7, 11) is 1.64. The number of primary amides is 1. The van der Waals surface area contributed by atoms with E-state index in [4.69, 9.17) is 10.5 Å². The Morgan fingerprint density at radius 2 is 1.96 bits per heavy atom. The molecule has 2 aromatic carbocycles. The average molecular weight is 339 g/mol. The molecule has 4 N–H and O–H groups in total. The fourth-order valence-electron chi connectivity index (χ4n) is 2.93. The van der Waals surface area contributed by atoms with Crippen molar-refractivity contribution in [2.24, 2.45) is 11.7 Å². The Morgan fingerprint density at radius 1 is 1.20 bits per heavy atom. The molecule has 6 heteroatoms. The molecule has 6 nitrogen and oxygen atoms in total. The Balaban J connectivity index is 1.52. The first-order valence-corrected chi connectivity index (χ1v) is 8.14. The number of hydrogen-bond acceptors (Lipinski definition) is 3. The van der Waals surface area contributed by atoms with Crippen molar-refractivity contribution in [1.82, 2.24) is 5.32 Å². The fraction of sp³-hybridized carbons (Fsp3) is 0.263. The molecule has 1 fully saturated rings. The molecule has 2 atom stereocenters. The number of rotatable bonds is 6. The molecule has 0 aliphatic heterocycles. The number of anilines is 1. The van der Waals surface area contributed by atoms with Crippen LogP contribution in [0.15, 0.2) is 48.5 Å². The number of methoxy groups -OCH3 is 1. The van der Waals surface area contributed by atoms with E-state index in [-0.39, 0.29) is 17.7 Å². The number of carbonyl (C=O) groups excluding carboxylic acids is 2. The number of benzene rings is 2. The molecular formula is C19H21N3O3. The van der Waals surface area contributed by atoms with Crippen LogP contribution in [0.5, 0.6) is 5.75 Å². The molecule has 25 heavy (non-hydrogen) atoms. The highest BCUT2D eigenvalue weighted by Crippen LogP contribution is 2.47. The molecule has 130 valence electrons. The largest absolute Gasteiger partial charge is 0.497 e.